The first kappa shape index (κ1) is 27.7. The number of aromatic nitrogens is 1. The number of hydrogen-bond donors (Lipinski definition) is 0. The van der Waals surface area contributed by atoms with Gasteiger partial charge < -0.3 is 4.90 Å². The monoisotopic (exact) mass is 526 g/mol. The van der Waals surface area contributed by atoms with Crippen molar-refractivity contribution in [3.8, 4) is 0 Å². The summed E-state index contributed by atoms with van der Waals surface area (Å²) in [4.78, 5) is 22.3. The molecule has 0 N–H and O–H groups in total. The summed E-state index contributed by atoms with van der Waals surface area (Å²) in [5.41, 5.74) is 3.62. The number of thiazole rings is 1. The summed E-state index contributed by atoms with van der Waals surface area (Å²) < 4.78 is 28.4. The number of carbonyl (C=O) groups excluding carboxylic acids is 1. The molecule has 192 valence electrons. The molecule has 1 aromatic heterocycles. The summed E-state index contributed by atoms with van der Waals surface area (Å²) in [5.74, 6) is -0.209. The van der Waals surface area contributed by atoms with Crippen LogP contribution in [0.1, 0.15) is 27.9 Å². The Morgan fingerprint density at radius 3 is 2.19 bits per heavy atom. The van der Waals surface area contributed by atoms with Crippen LogP contribution in [0.25, 0.3) is 10.2 Å². The van der Waals surface area contributed by atoms with Crippen molar-refractivity contribution in [2.75, 3.05) is 45.2 Å². The number of carbonyl (C=O) groups is 1. The van der Waals surface area contributed by atoms with Crippen LogP contribution in [-0.2, 0) is 10.0 Å². The van der Waals surface area contributed by atoms with Crippen LogP contribution in [0.3, 0.4) is 0 Å². The molecule has 0 unspecified atom stereocenters. The van der Waals surface area contributed by atoms with Crippen LogP contribution in [0.5, 0.6) is 0 Å². The van der Waals surface area contributed by atoms with Crippen molar-refractivity contribution in [1.29, 1.82) is 0 Å². The number of sulfonamides is 1. The first-order chi connectivity index (χ1) is 17.1. The summed E-state index contributed by atoms with van der Waals surface area (Å²) in [7, 11) is 0.254. The number of fused-ring (bicyclic) bond motifs is 1. The van der Waals surface area contributed by atoms with Gasteiger partial charge >= 0.3 is 0 Å². The number of aryl methyl sites for hydroxylation is 2. The zero-order valence-corrected chi connectivity index (χ0v) is 23.0. The lowest BCUT2D eigenvalue weighted by atomic mass is 10.1. The Kier molecular flexibility index (Phi) is 9.19. The van der Waals surface area contributed by atoms with Crippen LogP contribution in [-0.4, -0.2) is 68.8 Å². The van der Waals surface area contributed by atoms with E-state index in [1.807, 2.05) is 20.2 Å². The van der Waals surface area contributed by atoms with Crippen LogP contribution in [0.4, 0.5) is 5.13 Å². The van der Waals surface area contributed by atoms with Gasteiger partial charge in [-0.15, -0.1) is 13.2 Å². The van der Waals surface area contributed by atoms with Gasteiger partial charge in [-0.25, -0.2) is 13.4 Å². The molecule has 0 saturated heterocycles. The van der Waals surface area contributed by atoms with E-state index in [-0.39, 0.29) is 23.9 Å². The molecule has 7 nitrogen and oxygen atoms in total. The molecule has 0 fully saturated rings. The zero-order valence-electron chi connectivity index (χ0n) is 21.4. The van der Waals surface area contributed by atoms with E-state index in [1.54, 1.807) is 17.0 Å². The lowest BCUT2D eigenvalue weighted by Crippen LogP contribution is -2.33. The van der Waals surface area contributed by atoms with Crippen LogP contribution in [0.2, 0.25) is 0 Å². The molecular formula is C27H34N4O3S2. The SMILES string of the molecule is C=CCN(CC=C)S(=O)(=O)c1ccc(C(=O)N(CCCN(C)C)c2nc3cc(C)c(C)cc3s2)cc1. The van der Waals surface area contributed by atoms with E-state index in [0.29, 0.717) is 17.2 Å². The molecule has 0 aliphatic heterocycles. The van der Waals surface area contributed by atoms with E-state index in [4.69, 9.17) is 4.98 Å². The van der Waals surface area contributed by atoms with Gasteiger partial charge in [-0.1, -0.05) is 23.5 Å². The minimum atomic E-state index is -3.74. The van der Waals surface area contributed by atoms with Crippen molar-refractivity contribution >= 4 is 42.6 Å². The van der Waals surface area contributed by atoms with Gasteiger partial charge in [-0.05, 0) is 88.4 Å². The molecule has 0 bridgehead atoms. The fraction of sp³-hybridized carbons (Fsp3) is 0.333. The highest BCUT2D eigenvalue weighted by Gasteiger charge is 2.25. The Morgan fingerprint density at radius 1 is 1.00 bits per heavy atom. The maximum absolute atomic E-state index is 13.6. The van der Waals surface area contributed by atoms with E-state index < -0.39 is 10.0 Å². The Morgan fingerprint density at radius 2 is 1.61 bits per heavy atom. The minimum absolute atomic E-state index is 0.118. The maximum Gasteiger partial charge on any atom is 0.260 e. The second-order valence-corrected chi connectivity index (χ2v) is 11.9. The molecule has 9 heteroatoms. The normalized spacial score (nSPS) is 11.8. The quantitative estimate of drug-likeness (QED) is 0.315. The third-order valence-corrected chi connectivity index (χ3v) is 8.75. The topological polar surface area (TPSA) is 73.8 Å². The summed E-state index contributed by atoms with van der Waals surface area (Å²) in [6, 6.07) is 10.2. The van der Waals surface area contributed by atoms with Crippen LogP contribution in [0.15, 0.2) is 66.6 Å². The van der Waals surface area contributed by atoms with Gasteiger partial charge in [0.05, 0.1) is 15.1 Å². The summed E-state index contributed by atoms with van der Waals surface area (Å²) in [5, 5.41) is 0.638. The van der Waals surface area contributed by atoms with E-state index in [2.05, 4.69) is 38.0 Å². The summed E-state index contributed by atoms with van der Waals surface area (Å²) in [6.45, 7) is 13.1. The number of benzene rings is 2. The molecule has 0 radical (unpaired) electrons. The molecule has 0 aliphatic rings. The summed E-state index contributed by atoms with van der Waals surface area (Å²) >= 11 is 1.49. The number of rotatable bonds is 12. The maximum atomic E-state index is 13.6. The largest absolute Gasteiger partial charge is 0.309 e. The van der Waals surface area contributed by atoms with E-state index in [0.717, 1.165) is 28.7 Å². The lowest BCUT2D eigenvalue weighted by molar-refractivity contribution is 0.0986. The highest BCUT2D eigenvalue weighted by atomic mass is 32.2. The Bertz CT molecular complexity index is 1300. The van der Waals surface area contributed by atoms with Crippen molar-refractivity contribution in [2.45, 2.75) is 25.2 Å². The molecule has 0 aliphatic carbocycles. The number of amides is 1. The second-order valence-electron chi connectivity index (χ2n) is 8.94. The third kappa shape index (κ3) is 6.28. The van der Waals surface area contributed by atoms with Crippen LogP contribution in [0, 0.1) is 13.8 Å². The van der Waals surface area contributed by atoms with Gasteiger partial charge in [-0.2, -0.15) is 4.31 Å². The van der Waals surface area contributed by atoms with Crippen LogP contribution < -0.4 is 4.90 Å². The Balaban J connectivity index is 1.93. The van der Waals surface area contributed by atoms with Gasteiger partial charge in [-0.3, -0.25) is 9.69 Å². The molecule has 1 amide bonds. The molecule has 0 atom stereocenters. The van der Waals surface area contributed by atoms with Gasteiger partial charge in [0.2, 0.25) is 10.0 Å². The van der Waals surface area contributed by atoms with E-state index >= 15 is 0 Å². The van der Waals surface area contributed by atoms with Crippen molar-refractivity contribution < 1.29 is 13.2 Å². The third-order valence-electron chi connectivity index (χ3n) is 5.86. The molecule has 3 aromatic rings. The van der Waals surface area contributed by atoms with E-state index in [1.165, 1.54) is 45.5 Å². The molecular weight excluding hydrogens is 492 g/mol. The highest BCUT2D eigenvalue weighted by molar-refractivity contribution is 7.89. The first-order valence-electron chi connectivity index (χ1n) is 11.7. The molecule has 0 saturated carbocycles. The molecule has 36 heavy (non-hydrogen) atoms. The zero-order chi connectivity index (χ0) is 26.5. The van der Waals surface area contributed by atoms with Crippen LogP contribution >= 0.6 is 11.3 Å². The van der Waals surface area contributed by atoms with Gasteiger partial charge in [0.25, 0.3) is 5.91 Å². The Hall–Kier alpha value is -2.85. The average molecular weight is 527 g/mol. The van der Waals surface area contributed by atoms with Crippen molar-refractivity contribution in [1.82, 2.24) is 14.2 Å². The van der Waals surface area contributed by atoms with Gasteiger partial charge in [0.1, 0.15) is 0 Å². The number of anilines is 1. The van der Waals surface area contributed by atoms with Crippen molar-refractivity contribution in [2.24, 2.45) is 0 Å². The van der Waals surface area contributed by atoms with Gasteiger partial charge in [0, 0.05) is 25.2 Å². The first-order valence-corrected chi connectivity index (χ1v) is 14.0. The number of hydrogen-bond acceptors (Lipinski definition) is 6. The summed E-state index contributed by atoms with van der Waals surface area (Å²) in [6.07, 6.45) is 3.84. The standard InChI is InChI=1S/C27H34N4O3S2/c1-7-14-30(15-8-2)36(33,34)23-12-10-22(11-13-23)26(32)31(17-9-16-29(5)6)27-28-24-18-20(3)21(4)19-25(24)35-27/h7-8,10-13,18-19H,1-2,9,14-17H2,3-6H3. The van der Waals surface area contributed by atoms with Crippen molar-refractivity contribution in [3.63, 3.8) is 0 Å². The average Bonchev–Trinajstić information content (AvgIpc) is 3.23. The smallest absolute Gasteiger partial charge is 0.260 e. The fourth-order valence-electron chi connectivity index (χ4n) is 3.75. The van der Waals surface area contributed by atoms with E-state index in [9.17, 15) is 13.2 Å². The predicted molar refractivity (Wildman–Crippen MR) is 150 cm³/mol. The minimum Gasteiger partial charge on any atom is -0.309 e. The molecule has 3 rings (SSSR count). The molecule has 2 aromatic carbocycles. The second kappa shape index (κ2) is 11.9. The molecule has 0 spiro atoms. The van der Waals surface area contributed by atoms with Crippen molar-refractivity contribution in [3.05, 3.63) is 78.4 Å². The fourth-order valence-corrected chi connectivity index (χ4v) is 6.20. The van der Waals surface area contributed by atoms with Gasteiger partial charge in [0.15, 0.2) is 5.13 Å². The highest BCUT2D eigenvalue weighted by Crippen LogP contribution is 2.32. The molecule has 1 heterocycles. The lowest BCUT2D eigenvalue weighted by Gasteiger charge is -2.22. The Labute approximate surface area is 218 Å². The number of nitrogens with zero attached hydrogens (tertiary/aromatic N) is 4. The predicted octanol–water partition coefficient (Wildman–Crippen LogP) is 4.87.